The minimum atomic E-state index is 0.00532. The second-order valence-corrected chi connectivity index (χ2v) is 3.52. The largest absolute Gasteiger partial charge is 0.351 e. The first-order valence-electron chi connectivity index (χ1n) is 4.31. The molecule has 0 aliphatic carbocycles. The van der Waals surface area contributed by atoms with E-state index in [1.54, 1.807) is 0 Å². The molecule has 1 amide bonds. The van der Waals surface area contributed by atoms with Gasteiger partial charge in [-0.25, -0.2) is 0 Å². The molecule has 0 aromatic rings. The van der Waals surface area contributed by atoms with Gasteiger partial charge >= 0.3 is 0 Å². The van der Waals surface area contributed by atoms with E-state index in [0.29, 0.717) is 0 Å². The maximum atomic E-state index is 10.8. The lowest BCUT2D eigenvalue weighted by Gasteiger charge is -2.34. The SMILES string of the molecule is CC(=O)NC1CN(C)CCC1N. The Bertz CT molecular complexity index is 172. The zero-order valence-electron chi connectivity index (χ0n) is 7.71. The normalized spacial score (nSPS) is 31.6. The van der Waals surface area contributed by atoms with E-state index >= 15 is 0 Å². The Hall–Kier alpha value is -0.610. The third-order valence-electron chi connectivity index (χ3n) is 2.26. The molecular weight excluding hydrogens is 154 g/mol. The first-order valence-corrected chi connectivity index (χ1v) is 4.31. The summed E-state index contributed by atoms with van der Waals surface area (Å²) in [5, 5.41) is 2.86. The Balaban J connectivity index is 2.43. The van der Waals surface area contributed by atoms with Crippen molar-refractivity contribution >= 4 is 5.91 Å². The lowest BCUT2D eigenvalue weighted by atomic mass is 10.0. The molecule has 0 spiro atoms. The zero-order valence-corrected chi connectivity index (χ0v) is 7.71. The number of rotatable bonds is 1. The van der Waals surface area contributed by atoms with Crippen molar-refractivity contribution in [2.24, 2.45) is 5.73 Å². The molecule has 0 saturated carbocycles. The van der Waals surface area contributed by atoms with Crippen molar-refractivity contribution in [1.82, 2.24) is 10.2 Å². The van der Waals surface area contributed by atoms with E-state index < -0.39 is 0 Å². The minimum absolute atomic E-state index is 0.00532. The van der Waals surface area contributed by atoms with E-state index in [1.165, 1.54) is 6.92 Å². The molecule has 1 aliphatic heterocycles. The molecule has 4 nitrogen and oxygen atoms in total. The number of nitrogens with zero attached hydrogens (tertiary/aromatic N) is 1. The molecule has 2 atom stereocenters. The number of hydrogen-bond acceptors (Lipinski definition) is 3. The molecule has 70 valence electrons. The van der Waals surface area contributed by atoms with Crippen molar-refractivity contribution in [3.8, 4) is 0 Å². The summed E-state index contributed by atoms with van der Waals surface area (Å²) in [6.07, 6.45) is 0.960. The summed E-state index contributed by atoms with van der Waals surface area (Å²) in [5.41, 5.74) is 5.85. The van der Waals surface area contributed by atoms with Crippen molar-refractivity contribution in [1.29, 1.82) is 0 Å². The molecule has 1 heterocycles. The Labute approximate surface area is 73.1 Å². The Kier molecular flexibility index (Phi) is 3.05. The monoisotopic (exact) mass is 171 g/mol. The number of amides is 1. The lowest BCUT2D eigenvalue weighted by Crippen LogP contribution is -2.57. The van der Waals surface area contributed by atoms with Gasteiger partial charge in [-0.15, -0.1) is 0 Å². The molecule has 2 unspecified atom stereocenters. The summed E-state index contributed by atoms with van der Waals surface area (Å²) in [5.74, 6) is 0.00532. The van der Waals surface area contributed by atoms with Crippen LogP contribution in [0.1, 0.15) is 13.3 Å². The Morgan fingerprint density at radius 3 is 2.92 bits per heavy atom. The van der Waals surface area contributed by atoms with Crippen LogP contribution in [-0.4, -0.2) is 43.0 Å². The second-order valence-electron chi connectivity index (χ2n) is 3.52. The summed E-state index contributed by atoms with van der Waals surface area (Å²) in [6.45, 7) is 3.42. The van der Waals surface area contributed by atoms with Crippen LogP contribution in [0, 0.1) is 0 Å². The quantitative estimate of drug-likeness (QED) is 0.540. The van der Waals surface area contributed by atoms with E-state index in [2.05, 4.69) is 10.2 Å². The second kappa shape index (κ2) is 3.87. The highest BCUT2D eigenvalue weighted by molar-refractivity contribution is 5.73. The maximum absolute atomic E-state index is 10.8. The number of nitrogens with two attached hydrogens (primary N) is 1. The smallest absolute Gasteiger partial charge is 0.217 e. The summed E-state index contributed by atoms with van der Waals surface area (Å²) in [7, 11) is 2.04. The number of piperidine rings is 1. The number of carbonyl (C=O) groups excluding carboxylic acids is 1. The molecule has 0 aromatic carbocycles. The van der Waals surface area contributed by atoms with Gasteiger partial charge < -0.3 is 16.0 Å². The van der Waals surface area contributed by atoms with Gasteiger partial charge in [-0.2, -0.15) is 0 Å². The van der Waals surface area contributed by atoms with Crippen LogP contribution in [0.25, 0.3) is 0 Å². The molecule has 0 radical (unpaired) electrons. The van der Waals surface area contributed by atoms with Gasteiger partial charge in [-0.3, -0.25) is 4.79 Å². The van der Waals surface area contributed by atoms with E-state index in [4.69, 9.17) is 5.73 Å². The number of likely N-dealkylation sites (tertiary alicyclic amines) is 1. The number of nitrogens with one attached hydrogen (secondary N) is 1. The van der Waals surface area contributed by atoms with Gasteiger partial charge in [0.2, 0.25) is 5.91 Å². The molecule has 1 aliphatic rings. The number of carbonyl (C=O) groups is 1. The maximum Gasteiger partial charge on any atom is 0.217 e. The molecule has 4 heteroatoms. The van der Waals surface area contributed by atoms with E-state index in [-0.39, 0.29) is 18.0 Å². The number of likely N-dealkylation sites (N-methyl/N-ethyl adjacent to an activating group) is 1. The molecule has 0 bridgehead atoms. The van der Waals surface area contributed by atoms with Crippen LogP contribution in [0.2, 0.25) is 0 Å². The topological polar surface area (TPSA) is 58.4 Å². The van der Waals surface area contributed by atoms with Crippen LogP contribution < -0.4 is 11.1 Å². The summed E-state index contributed by atoms with van der Waals surface area (Å²) in [4.78, 5) is 13.0. The van der Waals surface area contributed by atoms with Gasteiger partial charge in [0.05, 0.1) is 6.04 Å². The van der Waals surface area contributed by atoms with Gasteiger partial charge in [0.1, 0.15) is 0 Å². The van der Waals surface area contributed by atoms with Crippen molar-refractivity contribution in [3.63, 3.8) is 0 Å². The predicted molar refractivity (Wildman–Crippen MR) is 47.7 cm³/mol. The molecule has 0 aromatic heterocycles. The zero-order chi connectivity index (χ0) is 9.14. The van der Waals surface area contributed by atoms with Crippen LogP contribution >= 0.6 is 0 Å². The van der Waals surface area contributed by atoms with Crippen molar-refractivity contribution in [3.05, 3.63) is 0 Å². The van der Waals surface area contributed by atoms with Crippen molar-refractivity contribution < 1.29 is 4.79 Å². The highest BCUT2D eigenvalue weighted by atomic mass is 16.1. The summed E-state index contributed by atoms with van der Waals surface area (Å²) < 4.78 is 0. The van der Waals surface area contributed by atoms with Gasteiger partial charge in [0.25, 0.3) is 0 Å². The average Bonchev–Trinajstić information content (AvgIpc) is 1.96. The average molecular weight is 171 g/mol. The molecule has 1 fully saturated rings. The number of hydrogen-bond donors (Lipinski definition) is 2. The minimum Gasteiger partial charge on any atom is -0.351 e. The Morgan fingerprint density at radius 1 is 1.67 bits per heavy atom. The van der Waals surface area contributed by atoms with Gasteiger partial charge in [0, 0.05) is 19.5 Å². The molecule has 3 N–H and O–H groups in total. The van der Waals surface area contributed by atoms with E-state index in [9.17, 15) is 4.79 Å². The third-order valence-corrected chi connectivity index (χ3v) is 2.26. The fraction of sp³-hybridized carbons (Fsp3) is 0.875. The van der Waals surface area contributed by atoms with Crippen LogP contribution in [0.3, 0.4) is 0 Å². The fourth-order valence-electron chi connectivity index (χ4n) is 1.55. The van der Waals surface area contributed by atoms with Crippen molar-refractivity contribution in [2.45, 2.75) is 25.4 Å². The van der Waals surface area contributed by atoms with Crippen LogP contribution in [-0.2, 0) is 4.79 Å². The molecule has 1 rings (SSSR count). The molecular formula is C8H17N3O. The van der Waals surface area contributed by atoms with Gasteiger partial charge in [-0.1, -0.05) is 0 Å². The third kappa shape index (κ3) is 2.46. The Morgan fingerprint density at radius 2 is 2.33 bits per heavy atom. The summed E-state index contributed by atoms with van der Waals surface area (Å²) in [6, 6.07) is 0.242. The first-order chi connectivity index (χ1) is 5.59. The van der Waals surface area contributed by atoms with E-state index in [0.717, 1.165) is 19.5 Å². The highest BCUT2D eigenvalue weighted by Crippen LogP contribution is 2.06. The summed E-state index contributed by atoms with van der Waals surface area (Å²) >= 11 is 0. The standard InChI is InChI=1S/C8H17N3O/c1-6(12)10-8-5-11(2)4-3-7(8)9/h7-8H,3-5,9H2,1-2H3,(H,10,12). The van der Waals surface area contributed by atoms with Crippen molar-refractivity contribution in [2.75, 3.05) is 20.1 Å². The van der Waals surface area contributed by atoms with Gasteiger partial charge in [-0.05, 0) is 20.0 Å². The first kappa shape index (κ1) is 9.48. The highest BCUT2D eigenvalue weighted by Gasteiger charge is 2.24. The van der Waals surface area contributed by atoms with Crippen LogP contribution in [0.15, 0.2) is 0 Å². The van der Waals surface area contributed by atoms with Gasteiger partial charge in [0.15, 0.2) is 0 Å². The lowest BCUT2D eigenvalue weighted by molar-refractivity contribution is -0.120. The molecule has 12 heavy (non-hydrogen) atoms. The predicted octanol–water partition coefficient (Wildman–Crippen LogP) is -0.846. The van der Waals surface area contributed by atoms with E-state index in [1.807, 2.05) is 7.05 Å². The fourth-order valence-corrected chi connectivity index (χ4v) is 1.55. The molecule has 1 saturated heterocycles. The van der Waals surface area contributed by atoms with Crippen LogP contribution in [0.4, 0.5) is 0 Å². The van der Waals surface area contributed by atoms with Crippen LogP contribution in [0.5, 0.6) is 0 Å².